The first-order valence-electron chi connectivity index (χ1n) is 8.19. The van der Waals surface area contributed by atoms with Crippen molar-refractivity contribution >= 4 is 17.8 Å². The number of likely N-dealkylation sites (N-methyl/N-ethyl adjacent to an activating group) is 1. The van der Waals surface area contributed by atoms with Crippen molar-refractivity contribution in [2.24, 2.45) is 0 Å². The predicted octanol–water partition coefficient (Wildman–Crippen LogP) is 2.12. The number of carbonyl (C=O) groups excluding carboxylic acids is 2. The zero-order valence-corrected chi connectivity index (χ0v) is 15.0. The van der Waals surface area contributed by atoms with Crippen LogP contribution < -0.4 is 5.32 Å². The van der Waals surface area contributed by atoms with Gasteiger partial charge in [-0.2, -0.15) is 0 Å². The summed E-state index contributed by atoms with van der Waals surface area (Å²) >= 11 is 0. The maximum atomic E-state index is 12.6. The van der Waals surface area contributed by atoms with E-state index in [0.29, 0.717) is 12.0 Å². The fraction of sp³-hybridized carbons (Fsp3) is 0.250. The van der Waals surface area contributed by atoms with Gasteiger partial charge in [0.25, 0.3) is 5.91 Å². The molecule has 0 saturated carbocycles. The number of aromatic carboxylic acids is 1. The van der Waals surface area contributed by atoms with Crippen LogP contribution in [0, 0.1) is 6.92 Å². The third-order valence-corrected chi connectivity index (χ3v) is 3.91. The number of amides is 2. The molecule has 0 aliphatic heterocycles. The highest BCUT2D eigenvalue weighted by molar-refractivity contribution is 6.00. The van der Waals surface area contributed by atoms with E-state index in [-0.39, 0.29) is 17.0 Å². The summed E-state index contributed by atoms with van der Waals surface area (Å²) in [5.74, 6) is -1.81. The molecular weight excluding hydrogens is 332 g/mol. The Labute approximate surface area is 152 Å². The van der Waals surface area contributed by atoms with E-state index in [9.17, 15) is 14.4 Å². The Morgan fingerprint density at radius 2 is 1.65 bits per heavy atom. The second-order valence-electron chi connectivity index (χ2n) is 6.34. The molecular formula is C20H22N2O4. The predicted molar refractivity (Wildman–Crippen MR) is 98.2 cm³/mol. The second kappa shape index (κ2) is 8.29. The van der Waals surface area contributed by atoms with E-state index in [1.165, 1.54) is 17.0 Å². The summed E-state index contributed by atoms with van der Waals surface area (Å²) in [7, 11) is 3.25. The molecule has 2 aromatic carbocycles. The number of aryl methyl sites for hydroxylation is 1. The van der Waals surface area contributed by atoms with Gasteiger partial charge in [0.05, 0.1) is 5.56 Å². The molecule has 0 aliphatic rings. The molecule has 0 radical (unpaired) electrons. The van der Waals surface area contributed by atoms with Crippen LogP contribution >= 0.6 is 0 Å². The lowest BCUT2D eigenvalue weighted by Crippen LogP contribution is -2.47. The van der Waals surface area contributed by atoms with Crippen molar-refractivity contribution in [2.75, 3.05) is 14.1 Å². The molecule has 1 unspecified atom stereocenters. The maximum Gasteiger partial charge on any atom is 0.335 e. The quantitative estimate of drug-likeness (QED) is 0.832. The number of benzene rings is 2. The van der Waals surface area contributed by atoms with Gasteiger partial charge in [-0.05, 0) is 36.2 Å². The van der Waals surface area contributed by atoms with Gasteiger partial charge in [0.2, 0.25) is 5.91 Å². The van der Waals surface area contributed by atoms with Crippen molar-refractivity contribution in [1.29, 1.82) is 0 Å². The van der Waals surface area contributed by atoms with Gasteiger partial charge in [-0.15, -0.1) is 0 Å². The van der Waals surface area contributed by atoms with Crippen molar-refractivity contribution in [1.82, 2.24) is 10.2 Å². The first-order chi connectivity index (χ1) is 12.3. The van der Waals surface area contributed by atoms with Crippen LogP contribution in [-0.4, -0.2) is 47.9 Å². The summed E-state index contributed by atoms with van der Waals surface area (Å²) in [6, 6.07) is 13.0. The second-order valence-corrected chi connectivity index (χ2v) is 6.34. The standard InChI is InChI=1S/C20H22N2O4/c1-13-9-15(12-16(10-13)20(25)26)18(23)21-17(19(24)22(2)3)11-14-7-5-4-6-8-14/h4-10,12,17H,11H2,1-3H3,(H,21,23)(H,25,26). The summed E-state index contributed by atoms with van der Waals surface area (Å²) in [6.45, 7) is 1.72. The third kappa shape index (κ3) is 4.92. The number of carbonyl (C=O) groups is 3. The zero-order valence-electron chi connectivity index (χ0n) is 15.0. The van der Waals surface area contributed by atoms with Crippen molar-refractivity contribution in [2.45, 2.75) is 19.4 Å². The van der Waals surface area contributed by atoms with Crippen molar-refractivity contribution in [3.63, 3.8) is 0 Å². The third-order valence-electron chi connectivity index (χ3n) is 3.91. The van der Waals surface area contributed by atoms with E-state index in [2.05, 4.69) is 5.32 Å². The van der Waals surface area contributed by atoms with E-state index in [1.807, 2.05) is 30.3 Å². The number of hydrogen-bond donors (Lipinski definition) is 2. The topological polar surface area (TPSA) is 86.7 Å². The van der Waals surface area contributed by atoms with Gasteiger partial charge in [-0.25, -0.2) is 4.79 Å². The van der Waals surface area contributed by atoms with E-state index >= 15 is 0 Å². The molecule has 2 amide bonds. The van der Waals surface area contributed by atoms with Crippen molar-refractivity contribution < 1.29 is 19.5 Å². The number of nitrogens with zero attached hydrogens (tertiary/aromatic N) is 1. The molecule has 0 aliphatic carbocycles. The SMILES string of the molecule is Cc1cc(C(=O)O)cc(C(=O)NC(Cc2ccccc2)C(=O)N(C)C)c1. The number of nitrogens with one attached hydrogen (secondary N) is 1. The van der Waals surface area contributed by atoms with Crippen LogP contribution in [0.2, 0.25) is 0 Å². The molecule has 2 rings (SSSR count). The maximum absolute atomic E-state index is 12.6. The van der Waals surface area contributed by atoms with Crippen LogP contribution in [0.1, 0.15) is 31.8 Å². The summed E-state index contributed by atoms with van der Waals surface area (Å²) in [5, 5.41) is 11.9. The highest BCUT2D eigenvalue weighted by Crippen LogP contribution is 2.12. The van der Waals surface area contributed by atoms with Crippen LogP contribution in [0.3, 0.4) is 0 Å². The average Bonchev–Trinajstić information content (AvgIpc) is 2.60. The Morgan fingerprint density at radius 1 is 1.04 bits per heavy atom. The van der Waals surface area contributed by atoms with E-state index in [0.717, 1.165) is 5.56 Å². The average molecular weight is 354 g/mol. The Balaban J connectivity index is 2.26. The van der Waals surface area contributed by atoms with Gasteiger partial charge in [-0.3, -0.25) is 9.59 Å². The van der Waals surface area contributed by atoms with Crippen LogP contribution in [0.5, 0.6) is 0 Å². The number of carboxylic acid groups (broad SMARTS) is 1. The lowest BCUT2D eigenvalue weighted by atomic mass is 10.0. The number of hydrogen-bond acceptors (Lipinski definition) is 3. The summed E-state index contributed by atoms with van der Waals surface area (Å²) in [6.07, 6.45) is 0.348. The Morgan fingerprint density at radius 3 is 2.23 bits per heavy atom. The molecule has 26 heavy (non-hydrogen) atoms. The van der Waals surface area contributed by atoms with Gasteiger partial charge in [0.1, 0.15) is 6.04 Å². The zero-order chi connectivity index (χ0) is 19.3. The van der Waals surface area contributed by atoms with E-state index in [4.69, 9.17) is 5.11 Å². The van der Waals surface area contributed by atoms with Gasteiger partial charge in [0.15, 0.2) is 0 Å². The van der Waals surface area contributed by atoms with E-state index < -0.39 is 17.9 Å². The number of carboxylic acids is 1. The summed E-state index contributed by atoms with van der Waals surface area (Å²) in [4.78, 5) is 37.7. The molecule has 2 aromatic rings. The molecule has 0 spiro atoms. The van der Waals surface area contributed by atoms with Crippen molar-refractivity contribution in [3.8, 4) is 0 Å². The molecule has 1 atom stereocenters. The van der Waals surface area contributed by atoms with Crippen molar-refractivity contribution in [3.05, 3.63) is 70.8 Å². The Bertz CT molecular complexity index is 816. The van der Waals surface area contributed by atoms with Gasteiger partial charge >= 0.3 is 5.97 Å². The Hall–Kier alpha value is -3.15. The van der Waals surface area contributed by atoms with Gasteiger partial charge < -0.3 is 15.3 Å². The molecule has 6 nitrogen and oxygen atoms in total. The Kier molecular flexibility index (Phi) is 6.11. The van der Waals surface area contributed by atoms with Crippen LogP contribution in [-0.2, 0) is 11.2 Å². The molecule has 0 heterocycles. The largest absolute Gasteiger partial charge is 0.478 e. The molecule has 0 aromatic heterocycles. The molecule has 6 heteroatoms. The van der Waals surface area contributed by atoms with Crippen LogP contribution in [0.15, 0.2) is 48.5 Å². The molecule has 0 bridgehead atoms. The lowest BCUT2D eigenvalue weighted by molar-refractivity contribution is -0.130. The van der Waals surface area contributed by atoms with Crippen LogP contribution in [0.4, 0.5) is 0 Å². The smallest absolute Gasteiger partial charge is 0.335 e. The lowest BCUT2D eigenvalue weighted by Gasteiger charge is -2.22. The minimum atomic E-state index is -1.10. The fourth-order valence-corrected chi connectivity index (χ4v) is 2.64. The molecule has 0 saturated heterocycles. The first kappa shape index (κ1) is 19.2. The summed E-state index contributed by atoms with van der Waals surface area (Å²) < 4.78 is 0. The molecule has 136 valence electrons. The van der Waals surface area contributed by atoms with E-state index in [1.54, 1.807) is 27.1 Å². The first-order valence-corrected chi connectivity index (χ1v) is 8.19. The monoisotopic (exact) mass is 354 g/mol. The highest BCUT2D eigenvalue weighted by Gasteiger charge is 2.24. The normalized spacial score (nSPS) is 11.5. The van der Waals surface area contributed by atoms with Crippen LogP contribution in [0.25, 0.3) is 0 Å². The summed E-state index contributed by atoms with van der Waals surface area (Å²) in [5.41, 5.74) is 1.83. The fourth-order valence-electron chi connectivity index (χ4n) is 2.64. The van der Waals surface area contributed by atoms with Gasteiger partial charge in [-0.1, -0.05) is 30.3 Å². The minimum Gasteiger partial charge on any atom is -0.478 e. The molecule has 0 fully saturated rings. The van der Waals surface area contributed by atoms with Gasteiger partial charge in [0, 0.05) is 26.1 Å². The number of rotatable bonds is 6. The highest BCUT2D eigenvalue weighted by atomic mass is 16.4. The minimum absolute atomic E-state index is 0.0358. The molecule has 2 N–H and O–H groups in total.